The van der Waals surface area contributed by atoms with E-state index in [9.17, 15) is 12.8 Å². The number of pyridine rings is 1. The molecule has 0 aliphatic carbocycles. The monoisotopic (exact) mass is 406 g/mol. The molecule has 1 aliphatic rings. The van der Waals surface area contributed by atoms with Crippen molar-refractivity contribution >= 4 is 21.3 Å². The van der Waals surface area contributed by atoms with E-state index in [-0.39, 0.29) is 29.9 Å². The molecule has 0 bridgehead atoms. The molecule has 0 fully saturated rings. The zero-order valence-electron chi connectivity index (χ0n) is 15.7. The van der Waals surface area contributed by atoms with Crippen LogP contribution in [-0.2, 0) is 23.6 Å². The molecule has 148 valence electrons. The molecule has 9 heteroatoms. The standard InChI is InChI=1S/C19H19FN2O5S/c1-4-9-22-12(3)11(2)15-16(22)18(21-19-17(15)26-28(23,24)27-19)25-10-13-5-7-14(20)8-6-13/h5-8H,4,9-10H2,1-3H3. The van der Waals surface area contributed by atoms with E-state index in [1.54, 1.807) is 12.1 Å². The van der Waals surface area contributed by atoms with Crippen molar-refractivity contribution in [2.75, 3.05) is 0 Å². The molecule has 0 amide bonds. The lowest BCUT2D eigenvalue weighted by molar-refractivity contribution is 0.294. The molecule has 0 saturated carbocycles. The third kappa shape index (κ3) is 3.05. The first-order valence-electron chi connectivity index (χ1n) is 8.85. The lowest BCUT2D eigenvalue weighted by atomic mass is 10.1. The van der Waals surface area contributed by atoms with Gasteiger partial charge in [-0.3, -0.25) is 0 Å². The molecular weight excluding hydrogens is 387 g/mol. The Morgan fingerprint density at radius 1 is 1.18 bits per heavy atom. The van der Waals surface area contributed by atoms with Gasteiger partial charge in [-0.15, -0.1) is 8.42 Å². The number of hydrogen-bond donors (Lipinski definition) is 0. The lowest BCUT2D eigenvalue weighted by Gasteiger charge is -2.12. The van der Waals surface area contributed by atoms with Crippen molar-refractivity contribution in [2.24, 2.45) is 0 Å². The number of benzene rings is 1. The van der Waals surface area contributed by atoms with Crippen molar-refractivity contribution in [1.82, 2.24) is 9.55 Å². The number of aromatic nitrogens is 2. The van der Waals surface area contributed by atoms with E-state index >= 15 is 0 Å². The van der Waals surface area contributed by atoms with Gasteiger partial charge in [0.25, 0.3) is 5.88 Å². The van der Waals surface area contributed by atoms with Gasteiger partial charge >= 0.3 is 10.4 Å². The van der Waals surface area contributed by atoms with Crippen LogP contribution in [0.25, 0.3) is 10.9 Å². The van der Waals surface area contributed by atoms with Gasteiger partial charge in [0, 0.05) is 12.2 Å². The van der Waals surface area contributed by atoms with Crippen molar-refractivity contribution in [3.05, 3.63) is 46.9 Å². The first kappa shape index (κ1) is 18.5. The minimum absolute atomic E-state index is 0.0829. The summed E-state index contributed by atoms with van der Waals surface area (Å²) in [6.45, 7) is 6.74. The van der Waals surface area contributed by atoms with E-state index in [1.807, 2.05) is 25.3 Å². The molecule has 0 atom stereocenters. The van der Waals surface area contributed by atoms with Crippen LogP contribution in [0.4, 0.5) is 4.39 Å². The molecule has 0 spiro atoms. The maximum Gasteiger partial charge on any atom is 0.502 e. The number of rotatable bonds is 5. The van der Waals surface area contributed by atoms with Gasteiger partial charge in [-0.25, -0.2) is 4.39 Å². The van der Waals surface area contributed by atoms with Gasteiger partial charge < -0.3 is 17.7 Å². The summed E-state index contributed by atoms with van der Waals surface area (Å²) in [6.07, 6.45) is 0.869. The maximum atomic E-state index is 13.1. The molecule has 2 aromatic heterocycles. The van der Waals surface area contributed by atoms with Crippen LogP contribution in [0.15, 0.2) is 24.3 Å². The number of aryl methyl sites for hydroxylation is 2. The molecule has 0 radical (unpaired) electrons. The normalized spacial score (nSPS) is 14.6. The third-order valence-electron chi connectivity index (χ3n) is 4.76. The molecule has 0 N–H and O–H groups in total. The highest BCUT2D eigenvalue weighted by molar-refractivity contribution is 7.82. The smallest absolute Gasteiger partial charge is 0.471 e. The summed E-state index contributed by atoms with van der Waals surface area (Å²) >= 11 is 0. The summed E-state index contributed by atoms with van der Waals surface area (Å²) in [5.74, 6) is -0.151. The number of fused-ring (bicyclic) bond motifs is 3. The molecule has 0 saturated heterocycles. The van der Waals surface area contributed by atoms with Crippen LogP contribution in [0.1, 0.15) is 30.2 Å². The minimum atomic E-state index is -4.19. The molecule has 28 heavy (non-hydrogen) atoms. The Morgan fingerprint density at radius 3 is 2.57 bits per heavy atom. The summed E-state index contributed by atoms with van der Waals surface area (Å²) in [5, 5.41) is 0.603. The van der Waals surface area contributed by atoms with Crippen molar-refractivity contribution < 1.29 is 25.9 Å². The van der Waals surface area contributed by atoms with Crippen molar-refractivity contribution in [1.29, 1.82) is 0 Å². The van der Waals surface area contributed by atoms with E-state index in [2.05, 4.69) is 4.98 Å². The predicted molar refractivity (Wildman–Crippen MR) is 100 cm³/mol. The SMILES string of the molecule is CCCn1c(C)c(C)c2c3c(nc(OCc4ccc(F)cc4)c21)OS(=O)(=O)O3. The number of nitrogens with zero attached hydrogens (tertiary/aromatic N) is 2. The summed E-state index contributed by atoms with van der Waals surface area (Å²) in [4.78, 5) is 4.26. The van der Waals surface area contributed by atoms with Gasteiger partial charge in [-0.2, -0.15) is 4.98 Å². The highest BCUT2D eigenvalue weighted by Gasteiger charge is 2.36. The number of halogens is 1. The van der Waals surface area contributed by atoms with E-state index < -0.39 is 10.4 Å². The Hall–Kier alpha value is -2.81. The Balaban J connectivity index is 1.86. The van der Waals surface area contributed by atoms with Crippen LogP contribution in [0.2, 0.25) is 0 Å². The first-order valence-corrected chi connectivity index (χ1v) is 10.2. The topological polar surface area (TPSA) is 79.7 Å². The van der Waals surface area contributed by atoms with Crippen LogP contribution in [-0.4, -0.2) is 18.0 Å². The van der Waals surface area contributed by atoms with Gasteiger partial charge in [0.2, 0.25) is 11.6 Å². The van der Waals surface area contributed by atoms with Gasteiger partial charge in [-0.1, -0.05) is 19.1 Å². The van der Waals surface area contributed by atoms with E-state index in [4.69, 9.17) is 13.1 Å². The molecule has 4 rings (SSSR count). The van der Waals surface area contributed by atoms with Crippen LogP contribution < -0.4 is 13.1 Å². The van der Waals surface area contributed by atoms with Crippen LogP contribution in [0.3, 0.4) is 0 Å². The summed E-state index contributed by atoms with van der Waals surface area (Å²) in [6, 6.07) is 5.93. The van der Waals surface area contributed by atoms with E-state index in [0.717, 1.165) is 23.2 Å². The molecule has 1 aromatic carbocycles. The van der Waals surface area contributed by atoms with Crippen molar-refractivity contribution in [3.63, 3.8) is 0 Å². The molecule has 1 aliphatic heterocycles. The fourth-order valence-electron chi connectivity index (χ4n) is 3.35. The average molecular weight is 406 g/mol. The predicted octanol–water partition coefficient (Wildman–Crippen LogP) is 3.80. The Labute approximate surface area is 162 Å². The summed E-state index contributed by atoms with van der Waals surface area (Å²) in [5.41, 5.74) is 3.24. The second kappa shape index (κ2) is 6.66. The van der Waals surface area contributed by atoms with Gasteiger partial charge in [0.1, 0.15) is 17.9 Å². The van der Waals surface area contributed by atoms with Gasteiger partial charge in [-0.05, 0) is 43.5 Å². The van der Waals surface area contributed by atoms with Gasteiger partial charge in [0.05, 0.1) is 5.39 Å². The summed E-state index contributed by atoms with van der Waals surface area (Å²) in [7, 11) is -4.19. The van der Waals surface area contributed by atoms with Crippen molar-refractivity contribution in [3.8, 4) is 17.5 Å². The zero-order valence-corrected chi connectivity index (χ0v) is 16.5. The summed E-state index contributed by atoms with van der Waals surface area (Å²) < 4.78 is 54.6. The number of hydrogen-bond acceptors (Lipinski definition) is 6. The van der Waals surface area contributed by atoms with Crippen LogP contribution in [0.5, 0.6) is 17.5 Å². The molecule has 0 unspecified atom stereocenters. The Kier molecular flexibility index (Phi) is 4.41. The fourth-order valence-corrected chi connectivity index (χ4v) is 4.05. The molecule has 3 aromatic rings. The maximum absolute atomic E-state index is 13.1. The largest absolute Gasteiger partial charge is 0.502 e. The van der Waals surface area contributed by atoms with Crippen LogP contribution >= 0.6 is 0 Å². The second-order valence-corrected chi connectivity index (χ2v) is 7.78. The second-order valence-electron chi connectivity index (χ2n) is 6.63. The Bertz CT molecular complexity index is 1170. The van der Waals surface area contributed by atoms with E-state index in [1.165, 1.54) is 12.1 Å². The van der Waals surface area contributed by atoms with Crippen LogP contribution in [0, 0.1) is 19.7 Å². The molecular formula is C19H19FN2O5S. The highest BCUT2D eigenvalue weighted by Crippen LogP contribution is 2.47. The average Bonchev–Trinajstić information content (AvgIpc) is 3.09. The zero-order chi connectivity index (χ0) is 20.1. The van der Waals surface area contributed by atoms with Crippen molar-refractivity contribution in [2.45, 2.75) is 40.3 Å². The Morgan fingerprint density at radius 2 is 1.89 bits per heavy atom. The number of ether oxygens (including phenoxy) is 1. The third-order valence-corrected chi connectivity index (χ3v) is 5.49. The quantitative estimate of drug-likeness (QED) is 0.641. The lowest BCUT2D eigenvalue weighted by Crippen LogP contribution is -2.08. The van der Waals surface area contributed by atoms with Gasteiger partial charge in [0.15, 0.2) is 0 Å². The molecule has 7 nitrogen and oxygen atoms in total. The van der Waals surface area contributed by atoms with E-state index in [0.29, 0.717) is 17.4 Å². The molecule has 3 heterocycles. The first-order chi connectivity index (χ1) is 13.3. The minimum Gasteiger partial charge on any atom is -0.471 e. The fraction of sp³-hybridized carbons (Fsp3) is 0.316. The highest BCUT2D eigenvalue weighted by atomic mass is 32.3.